The molecule has 132 valence electrons. The van der Waals surface area contributed by atoms with Crippen molar-refractivity contribution in [1.29, 1.82) is 0 Å². The first-order chi connectivity index (χ1) is 12.1. The molecule has 0 spiro atoms. The van der Waals surface area contributed by atoms with Crippen molar-refractivity contribution in [2.24, 2.45) is 0 Å². The minimum absolute atomic E-state index is 0.479. The Morgan fingerprint density at radius 2 is 2.12 bits per heavy atom. The van der Waals surface area contributed by atoms with Crippen LogP contribution in [-0.4, -0.2) is 53.2 Å². The first kappa shape index (κ1) is 16.3. The van der Waals surface area contributed by atoms with Crippen LogP contribution in [0.2, 0.25) is 0 Å². The average Bonchev–Trinajstić information content (AvgIpc) is 2.80. The van der Waals surface area contributed by atoms with Gasteiger partial charge in [0, 0.05) is 56.1 Å². The monoisotopic (exact) mass is 338 g/mol. The van der Waals surface area contributed by atoms with Gasteiger partial charge in [-0.15, -0.1) is 0 Å². The van der Waals surface area contributed by atoms with Crippen molar-refractivity contribution >= 4 is 5.82 Å². The maximum absolute atomic E-state index is 6.09. The molecule has 2 aliphatic rings. The third kappa shape index (κ3) is 3.09. The molecule has 4 heterocycles. The van der Waals surface area contributed by atoms with Crippen molar-refractivity contribution in [3.05, 3.63) is 36.2 Å². The number of aryl methyl sites for hydroxylation is 1. The minimum atomic E-state index is 0.479. The maximum atomic E-state index is 6.09. The zero-order valence-corrected chi connectivity index (χ0v) is 15.3. The van der Waals surface area contributed by atoms with E-state index >= 15 is 0 Å². The Morgan fingerprint density at radius 3 is 2.92 bits per heavy atom. The molecule has 0 N–H and O–H groups in total. The Balaban J connectivity index is 1.66. The highest BCUT2D eigenvalue weighted by atomic mass is 16.5. The van der Waals surface area contributed by atoms with Gasteiger partial charge in [-0.1, -0.05) is 6.07 Å². The Hall–Kier alpha value is -2.14. The van der Waals surface area contributed by atoms with Gasteiger partial charge < -0.3 is 9.64 Å². The van der Waals surface area contributed by atoms with Crippen LogP contribution in [0.5, 0.6) is 5.75 Å². The summed E-state index contributed by atoms with van der Waals surface area (Å²) in [5.41, 5.74) is 3.16. The van der Waals surface area contributed by atoms with Gasteiger partial charge in [0.2, 0.25) is 0 Å². The number of ether oxygens (including phenoxy) is 1. The lowest BCUT2D eigenvalue weighted by Gasteiger charge is -2.42. The summed E-state index contributed by atoms with van der Waals surface area (Å²) in [4.78, 5) is 14.3. The number of pyridine rings is 2. The topological polar surface area (TPSA) is 41.5 Å². The standard InChI is InChI=1S/C20H26N4O/c1-14(2)23-8-9-24-17(13-23)6-10-25-18-11-16(12-22-20(18)24)19-15(3)5-4-7-21-19/h4-5,7,11-12,14,17H,6,8-10,13H2,1-3H3. The van der Waals surface area contributed by atoms with Crippen LogP contribution >= 0.6 is 0 Å². The van der Waals surface area contributed by atoms with Crippen molar-refractivity contribution in [1.82, 2.24) is 14.9 Å². The summed E-state index contributed by atoms with van der Waals surface area (Å²) in [6.45, 7) is 10.5. The molecule has 5 heteroatoms. The highest BCUT2D eigenvalue weighted by Crippen LogP contribution is 2.36. The van der Waals surface area contributed by atoms with E-state index in [4.69, 9.17) is 9.72 Å². The average molecular weight is 338 g/mol. The Labute approximate surface area is 149 Å². The normalized spacial score (nSPS) is 20.6. The highest BCUT2D eigenvalue weighted by Gasteiger charge is 2.32. The number of fused-ring (bicyclic) bond motifs is 3. The Bertz CT molecular complexity index is 761. The fourth-order valence-corrected chi connectivity index (χ4v) is 3.86. The fraction of sp³-hybridized carbons (Fsp3) is 0.500. The molecule has 0 aliphatic carbocycles. The van der Waals surface area contributed by atoms with Gasteiger partial charge in [-0.3, -0.25) is 9.88 Å². The largest absolute Gasteiger partial charge is 0.490 e. The van der Waals surface area contributed by atoms with Crippen molar-refractivity contribution in [2.75, 3.05) is 31.1 Å². The molecule has 1 atom stereocenters. The quantitative estimate of drug-likeness (QED) is 0.841. The van der Waals surface area contributed by atoms with Gasteiger partial charge >= 0.3 is 0 Å². The number of nitrogens with zero attached hydrogens (tertiary/aromatic N) is 4. The van der Waals surface area contributed by atoms with E-state index in [1.807, 2.05) is 18.5 Å². The molecule has 0 saturated carbocycles. The van der Waals surface area contributed by atoms with Crippen LogP contribution in [-0.2, 0) is 0 Å². The zero-order chi connectivity index (χ0) is 17.4. The third-order valence-corrected chi connectivity index (χ3v) is 5.34. The van der Waals surface area contributed by atoms with Crippen LogP contribution < -0.4 is 9.64 Å². The fourth-order valence-electron chi connectivity index (χ4n) is 3.86. The molecule has 1 saturated heterocycles. The van der Waals surface area contributed by atoms with Gasteiger partial charge in [0.05, 0.1) is 12.3 Å². The summed E-state index contributed by atoms with van der Waals surface area (Å²) in [5.74, 6) is 1.88. The van der Waals surface area contributed by atoms with E-state index in [2.05, 4.69) is 47.7 Å². The molecule has 5 nitrogen and oxygen atoms in total. The summed E-state index contributed by atoms with van der Waals surface area (Å²) in [6, 6.07) is 7.22. The van der Waals surface area contributed by atoms with Crippen molar-refractivity contribution in [3.8, 4) is 17.0 Å². The lowest BCUT2D eigenvalue weighted by atomic mass is 10.1. The number of hydrogen-bond acceptors (Lipinski definition) is 5. The van der Waals surface area contributed by atoms with E-state index in [1.54, 1.807) is 0 Å². The molecular weight excluding hydrogens is 312 g/mol. The van der Waals surface area contributed by atoms with E-state index in [-0.39, 0.29) is 0 Å². The van der Waals surface area contributed by atoms with Crippen molar-refractivity contribution in [3.63, 3.8) is 0 Å². The summed E-state index contributed by atoms with van der Waals surface area (Å²) in [6.07, 6.45) is 4.81. The number of anilines is 1. The molecular formula is C20H26N4O. The second-order valence-corrected chi connectivity index (χ2v) is 7.29. The van der Waals surface area contributed by atoms with Crippen LogP contribution in [0.3, 0.4) is 0 Å². The lowest BCUT2D eigenvalue weighted by Crippen LogP contribution is -2.55. The molecule has 0 radical (unpaired) electrons. The first-order valence-corrected chi connectivity index (χ1v) is 9.19. The Morgan fingerprint density at radius 1 is 1.24 bits per heavy atom. The van der Waals surface area contributed by atoms with Crippen LogP contribution in [0.25, 0.3) is 11.3 Å². The predicted molar refractivity (Wildman–Crippen MR) is 100 cm³/mol. The number of piperazine rings is 1. The predicted octanol–water partition coefficient (Wildman–Crippen LogP) is 3.13. The highest BCUT2D eigenvalue weighted by molar-refractivity contribution is 5.68. The molecule has 4 rings (SSSR count). The first-order valence-electron chi connectivity index (χ1n) is 9.19. The van der Waals surface area contributed by atoms with Crippen LogP contribution in [0.15, 0.2) is 30.6 Å². The minimum Gasteiger partial charge on any atom is -0.490 e. The third-order valence-electron chi connectivity index (χ3n) is 5.34. The molecule has 0 amide bonds. The van der Waals surface area contributed by atoms with E-state index in [0.29, 0.717) is 12.1 Å². The van der Waals surface area contributed by atoms with E-state index in [1.165, 1.54) is 0 Å². The van der Waals surface area contributed by atoms with Crippen molar-refractivity contribution in [2.45, 2.75) is 39.3 Å². The molecule has 2 aromatic rings. The molecule has 0 bridgehead atoms. The number of hydrogen-bond donors (Lipinski definition) is 0. The Kier molecular flexibility index (Phi) is 4.34. The lowest BCUT2D eigenvalue weighted by molar-refractivity contribution is 0.172. The van der Waals surface area contributed by atoms with Gasteiger partial charge in [-0.25, -0.2) is 4.98 Å². The van der Waals surface area contributed by atoms with Crippen molar-refractivity contribution < 1.29 is 4.74 Å². The number of aromatic nitrogens is 2. The summed E-state index contributed by atoms with van der Waals surface area (Å²) in [7, 11) is 0. The van der Waals surface area contributed by atoms with Crippen LogP contribution in [0.1, 0.15) is 25.8 Å². The van der Waals surface area contributed by atoms with E-state index in [9.17, 15) is 0 Å². The van der Waals surface area contributed by atoms with Gasteiger partial charge in [-0.05, 0) is 38.5 Å². The molecule has 2 aliphatic heterocycles. The van der Waals surface area contributed by atoms with E-state index in [0.717, 1.165) is 61.1 Å². The molecule has 2 aromatic heterocycles. The van der Waals surface area contributed by atoms with Gasteiger partial charge in [0.15, 0.2) is 11.6 Å². The summed E-state index contributed by atoms with van der Waals surface area (Å²) >= 11 is 0. The second-order valence-electron chi connectivity index (χ2n) is 7.29. The van der Waals surface area contributed by atoms with Crippen LogP contribution in [0.4, 0.5) is 5.82 Å². The SMILES string of the molecule is Cc1cccnc1-c1cnc2c(c1)OCCC1CN(C(C)C)CCN21. The molecule has 1 unspecified atom stereocenters. The smallest absolute Gasteiger partial charge is 0.171 e. The second kappa shape index (κ2) is 6.64. The zero-order valence-electron chi connectivity index (χ0n) is 15.3. The molecule has 1 fully saturated rings. The summed E-state index contributed by atoms with van der Waals surface area (Å²) in [5, 5.41) is 0. The van der Waals surface area contributed by atoms with Gasteiger partial charge in [0.25, 0.3) is 0 Å². The molecule has 25 heavy (non-hydrogen) atoms. The maximum Gasteiger partial charge on any atom is 0.171 e. The summed E-state index contributed by atoms with van der Waals surface area (Å²) < 4.78 is 6.09. The number of rotatable bonds is 2. The molecule has 0 aromatic carbocycles. The van der Waals surface area contributed by atoms with Gasteiger partial charge in [0.1, 0.15) is 0 Å². The van der Waals surface area contributed by atoms with Crippen LogP contribution in [0, 0.1) is 6.92 Å². The van der Waals surface area contributed by atoms with Gasteiger partial charge in [-0.2, -0.15) is 0 Å². The van der Waals surface area contributed by atoms with E-state index < -0.39 is 0 Å².